The highest BCUT2D eigenvalue weighted by atomic mass is 35.5. The Hall–Kier alpha value is -1.93. The minimum atomic E-state index is -0.907. The van der Waals surface area contributed by atoms with Crippen molar-refractivity contribution in [3.8, 4) is 0 Å². The molecule has 10 heteroatoms. The minimum Gasteiger partial charge on any atom is -0.465 e. The number of anilines is 1. The molecule has 0 aliphatic carbocycles. The highest BCUT2D eigenvalue weighted by molar-refractivity contribution is 6.34. The Morgan fingerprint density at radius 2 is 1.83 bits per heavy atom. The molecule has 1 aromatic rings. The Balaban J connectivity index is 0.000000688. The van der Waals surface area contributed by atoms with Gasteiger partial charge < -0.3 is 25.4 Å². The Kier molecular flexibility index (Phi) is 9.12. The molecule has 8 nitrogen and oxygen atoms in total. The number of hydrogen-bond acceptors (Lipinski definition) is 5. The lowest BCUT2D eigenvalue weighted by Gasteiger charge is -2.13. The van der Waals surface area contributed by atoms with Crippen molar-refractivity contribution >= 4 is 41.2 Å². The monoisotopic (exact) mass is 366 g/mol. The molecule has 3 N–H and O–H groups in total. The molecule has 1 aromatic heterocycles. The van der Waals surface area contributed by atoms with Crippen LogP contribution >= 0.6 is 23.2 Å². The van der Waals surface area contributed by atoms with Crippen LogP contribution in [0, 0.1) is 0 Å². The third-order valence-corrected chi connectivity index (χ3v) is 3.16. The van der Waals surface area contributed by atoms with E-state index in [9.17, 15) is 9.59 Å². The van der Waals surface area contributed by atoms with Gasteiger partial charge in [-0.25, -0.2) is 14.6 Å². The van der Waals surface area contributed by atoms with Gasteiger partial charge in [-0.2, -0.15) is 0 Å². The summed E-state index contributed by atoms with van der Waals surface area (Å²) in [5.74, 6) is 0.394. The summed E-state index contributed by atoms with van der Waals surface area (Å²) < 4.78 is 5.02. The molecule has 0 spiro atoms. The number of rotatable bonds is 3. The number of ether oxygens (including phenoxy) is 1. The standard InChI is InChI=1S/C10H13Cl2N3O2.C3H7NO2/c1-15(2)10(16)17-5-6-4-14-9(13)8(12)7(6)3-11;1-4(2)3(5)6/h4H,3,5H2,1-2H3,(H2,13,14);1-2H3,(H,5,6). The molecule has 2 amide bonds. The van der Waals surface area contributed by atoms with Crippen LogP contribution < -0.4 is 5.73 Å². The molecule has 0 aliphatic heterocycles. The van der Waals surface area contributed by atoms with Gasteiger partial charge in [-0.15, -0.1) is 11.6 Å². The summed E-state index contributed by atoms with van der Waals surface area (Å²) in [5, 5.41) is 8.22. The van der Waals surface area contributed by atoms with E-state index in [1.807, 2.05) is 0 Å². The number of amides is 2. The van der Waals surface area contributed by atoms with Gasteiger partial charge in [0.25, 0.3) is 0 Å². The largest absolute Gasteiger partial charge is 0.465 e. The first-order valence-electron chi connectivity index (χ1n) is 6.33. The quantitative estimate of drug-likeness (QED) is 0.795. The predicted molar refractivity (Wildman–Crippen MR) is 88.8 cm³/mol. The number of halogens is 2. The summed E-state index contributed by atoms with van der Waals surface area (Å²) in [7, 11) is 6.14. The molecule has 0 radical (unpaired) electrons. The minimum absolute atomic E-state index is 0.0616. The van der Waals surface area contributed by atoms with Gasteiger partial charge in [0.1, 0.15) is 12.4 Å². The number of nitrogens with two attached hydrogens (primary N) is 1. The molecule has 0 aliphatic rings. The van der Waals surface area contributed by atoms with Crippen LogP contribution in [0.15, 0.2) is 6.20 Å². The fraction of sp³-hybridized carbons (Fsp3) is 0.462. The summed E-state index contributed by atoms with van der Waals surface area (Å²) in [6.45, 7) is 0.0616. The van der Waals surface area contributed by atoms with Gasteiger partial charge in [-0.05, 0) is 5.56 Å². The lowest BCUT2D eigenvalue weighted by Crippen LogP contribution is -2.22. The van der Waals surface area contributed by atoms with Crippen LogP contribution in [-0.2, 0) is 17.2 Å². The molecular weight excluding hydrogens is 347 g/mol. The zero-order valence-corrected chi connectivity index (χ0v) is 14.9. The number of alkyl halides is 1. The van der Waals surface area contributed by atoms with Gasteiger partial charge >= 0.3 is 12.2 Å². The average molecular weight is 367 g/mol. The Bertz CT molecular complexity index is 553. The molecule has 0 fully saturated rings. The van der Waals surface area contributed by atoms with Crippen LogP contribution in [0.3, 0.4) is 0 Å². The number of nitrogens with zero attached hydrogens (tertiary/aromatic N) is 3. The second-order valence-corrected chi connectivity index (χ2v) is 5.37. The Labute approximate surface area is 144 Å². The van der Waals surface area contributed by atoms with Gasteiger partial charge in [0.05, 0.1) is 5.02 Å². The van der Waals surface area contributed by atoms with E-state index in [-0.39, 0.29) is 18.3 Å². The van der Waals surface area contributed by atoms with Crippen LogP contribution in [0.4, 0.5) is 15.4 Å². The van der Waals surface area contributed by atoms with Crippen molar-refractivity contribution in [3.05, 3.63) is 22.3 Å². The summed E-state index contributed by atoms with van der Waals surface area (Å²) in [6, 6.07) is 0. The van der Waals surface area contributed by atoms with E-state index in [0.717, 1.165) is 4.90 Å². The second-order valence-electron chi connectivity index (χ2n) is 4.72. The van der Waals surface area contributed by atoms with E-state index in [0.29, 0.717) is 16.1 Å². The number of hydrogen-bond donors (Lipinski definition) is 2. The van der Waals surface area contributed by atoms with Gasteiger partial charge in [-0.3, -0.25) is 0 Å². The fourth-order valence-electron chi connectivity index (χ4n) is 1.12. The highest BCUT2D eigenvalue weighted by Gasteiger charge is 2.13. The van der Waals surface area contributed by atoms with E-state index in [2.05, 4.69) is 4.98 Å². The fourth-order valence-corrected chi connectivity index (χ4v) is 1.73. The molecule has 0 aromatic carbocycles. The Morgan fingerprint density at radius 3 is 2.22 bits per heavy atom. The Morgan fingerprint density at radius 1 is 1.30 bits per heavy atom. The molecule has 23 heavy (non-hydrogen) atoms. The maximum atomic E-state index is 11.3. The van der Waals surface area contributed by atoms with Crippen molar-refractivity contribution in [1.29, 1.82) is 0 Å². The van der Waals surface area contributed by atoms with Crippen molar-refractivity contribution in [2.45, 2.75) is 12.5 Å². The third kappa shape index (κ3) is 7.25. The van der Waals surface area contributed by atoms with Gasteiger partial charge in [0.15, 0.2) is 0 Å². The lowest BCUT2D eigenvalue weighted by atomic mass is 10.1. The molecule has 130 valence electrons. The molecular formula is C13H20Cl2N4O4. The number of aromatic nitrogens is 1. The SMILES string of the molecule is CN(C)C(=O)O.CN(C)C(=O)OCc1cnc(N)c(Cl)c1CCl. The number of carboxylic acid groups (broad SMARTS) is 1. The normalized spacial score (nSPS) is 9.48. The second kappa shape index (κ2) is 9.96. The molecule has 1 rings (SSSR count). The maximum Gasteiger partial charge on any atom is 0.409 e. The summed E-state index contributed by atoms with van der Waals surface area (Å²) in [6.07, 6.45) is 0.149. The van der Waals surface area contributed by atoms with Crippen LogP contribution in [-0.4, -0.2) is 60.3 Å². The van der Waals surface area contributed by atoms with E-state index >= 15 is 0 Å². The number of carbonyl (C=O) groups excluding carboxylic acids is 1. The van der Waals surface area contributed by atoms with Gasteiger partial charge in [-0.1, -0.05) is 11.6 Å². The molecule has 1 heterocycles. The molecule has 0 saturated carbocycles. The summed E-state index contributed by atoms with van der Waals surface area (Å²) >= 11 is 11.7. The topological polar surface area (TPSA) is 109 Å². The van der Waals surface area contributed by atoms with Crippen molar-refractivity contribution in [3.63, 3.8) is 0 Å². The van der Waals surface area contributed by atoms with Gasteiger partial charge in [0, 0.05) is 45.8 Å². The van der Waals surface area contributed by atoms with Crippen molar-refractivity contribution in [2.24, 2.45) is 0 Å². The van der Waals surface area contributed by atoms with Crippen LogP contribution in [0.2, 0.25) is 5.02 Å². The van der Waals surface area contributed by atoms with Crippen LogP contribution in [0.1, 0.15) is 11.1 Å². The van der Waals surface area contributed by atoms with E-state index < -0.39 is 12.2 Å². The highest BCUT2D eigenvalue weighted by Crippen LogP contribution is 2.26. The van der Waals surface area contributed by atoms with Crippen molar-refractivity contribution in [1.82, 2.24) is 14.8 Å². The van der Waals surface area contributed by atoms with Crippen LogP contribution in [0.25, 0.3) is 0 Å². The van der Waals surface area contributed by atoms with Crippen molar-refractivity contribution in [2.75, 3.05) is 33.9 Å². The first-order chi connectivity index (χ1) is 10.6. The average Bonchev–Trinajstić information content (AvgIpc) is 2.48. The zero-order valence-electron chi connectivity index (χ0n) is 13.3. The summed E-state index contributed by atoms with van der Waals surface area (Å²) in [4.78, 5) is 27.2. The van der Waals surface area contributed by atoms with E-state index in [1.165, 1.54) is 25.2 Å². The summed E-state index contributed by atoms with van der Waals surface area (Å²) in [5.41, 5.74) is 6.83. The van der Waals surface area contributed by atoms with E-state index in [4.69, 9.17) is 38.8 Å². The molecule has 0 saturated heterocycles. The number of pyridine rings is 1. The first kappa shape index (κ1) is 21.1. The third-order valence-electron chi connectivity index (χ3n) is 2.47. The molecule has 0 bridgehead atoms. The van der Waals surface area contributed by atoms with Crippen molar-refractivity contribution < 1.29 is 19.4 Å². The lowest BCUT2D eigenvalue weighted by molar-refractivity contribution is 0.112. The number of carbonyl (C=O) groups is 2. The molecule has 0 unspecified atom stereocenters. The molecule has 0 atom stereocenters. The predicted octanol–water partition coefficient (Wildman–Crippen LogP) is 2.48. The maximum absolute atomic E-state index is 11.3. The van der Waals surface area contributed by atoms with Gasteiger partial charge in [0.2, 0.25) is 0 Å². The number of nitrogen functional groups attached to an aromatic ring is 1. The first-order valence-corrected chi connectivity index (χ1v) is 7.25. The van der Waals surface area contributed by atoms with E-state index in [1.54, 1.807) is 14.1 Å². The van der Waals surface area contributed by atoms with Crippen LogP contribution in [0.5, 0.6) is 0 Å². The smallest absolute Gasteiger partial charge is 0.409 e. The zero-order chi connectivity index (χ0) is 18.2.